The number of hydrogen-bond acceptors (Lipinski definition) is 6. The van der Waals surface area contributed by atoms with Crippen LogP contribution in [0.1, 0.15) is 6.42 Å². The lowest BCUT2D eigenvalue weighted by atomic mass is 10.1. The topological polar surface area (TPSA) is 98.6 Å². The van der Waals surface area contributed by atoms with E-state index in [-0.39, 0.29) is 18.2 Å². The highest BCUT2D eigenvalue weighted by Crippen LogP contribution is 2.36. The first-order chi connectivity index (χ1) is 14.7. The summed E-state index contributed by atoms with van der Waals surface area (Å²) in [7, 11) is 0. The first kappa shape index (κ1) is 18.2. The molecule has 2 amide bonds. The Morgan fingerprint density at radius 3 is 2.77 bits per heavy atom. The van der Waals surface area contributed by atoms with Gasteiger partial charge in [0, 0.05) is 37.1 Å². The summed E-state index contributed by atoms with van der Waals surface area (Å²) in [5.41, 5.74) is 1.28. The fraction of sp³-hybridized carbons (Fsp3) is 0.238. The highest BCUT2D eigenvalue weighted by Gasteiger charge is 2.35. The van der Waals surface area contributed by atoms with Crippen molar-refractivity contribution in [3.05, 3.63) is 55.2 Å². The summed E-state index contributed by atoms with van der Waals surface area (Å²) in [5.74, 6) is 1.23. The van der Waals surface area contributed by atoms with Gasteiger partial charge in [-0.1, -0.05) is 0 Å². The van der Waals surface area contributed by atoms with E-state index in [1.165, 1.54) is 0 Å². The van der Waals surface area contributed by atoms with Gasteiger partial charge in [-0.25, -0.2) is 9.97 Å². The number of carbonyl (C=O) groups excluding carboxylic acids is 2. The van der Waals surface area contributed by atoms with Gasteiger partial charge in [0.05, 0.1) is 17.8 Å². The van der Waals surface area contributed by atoms with Crippen molar-refractivity contribution in [3.63, 3.8) is 0 Å². The van der Waals surface area contributed by atoms with Crippen LogP contribution in [-0.4, -0.2) is 46.1 Å². The van der Waals surface area contributed by atoms with E-state index in [9.17, 15) is 9.59 Å². The number of pyridine rings is 1. The third-order valence-electron chi connectivity index (χ3n) is 5.12. The minimum atomic E-state index is -0.445. The summed E-state index contributed by atoms with van der Waals surface area (Å²) in [4.78, 5) is 35.2. The number of imidazole rings is 1. The van der Waals surface area contributed by atoms with Crippen molar-refractivity contribution in [1.29, 1.82) is 0 Å². The van der Waals surface area contributed by atoms with Crippen LogP contribution in [0.4, 0.5) is 11.4 Å². The molecule has 2 aliphatic heterocycles. The van der Waals surface area contributed by atoms with Gasteiger partial charge >= 0.3 is 0 Å². The maximum Gasteiger partial charge on any atom is 0.229 e. The molecule has 4 heterocycles. The lowest BCUT2D eigenvalue weighted by Crippen LogP contribution is -2.28. The number of rotatable bonds is 4. The van der Waals surface area contributed by atoms with Crippen LogP contribution in [0.5, 0.6) is 11.5 Å². The predicted molar refractivity (Wildman–Crippen MR) is 108 cm³/mol. The number of hydrogen-bond donors (Lipinski definition) is 1. The molecule has 0 radical (unpaired) electrons. The number of benzene rings is 1. The quantitative estimate of drug-likeness (QED) is 0.713. The Hall–Kier alpha value is -3.88. The van der Waals surface area contributed by atoms with Crippen molar-refractivity contribution in [2.24, 2.45) is 5.92 Å². The molecule has 2 aromatic heterocycles. The SMILES string of the molecule is O=C(Nc1ccc(-n2ccnc2)nc1)C1CC(=O)N(c2ccc3c(c2)OCCO3)C1. The van der Waals surface area contributed by atoms with Crippen molar-refractivity contribution < 1.29 is 19.1 Å². The van der Waals surface area contributed by atoms with E-state index in [1.54, 1.807) is 58.7 Å². The van der Waals surface area contributed by atoms with Crippen LogP contribution in [0, 0.1) is 5.92 Å². The summed E-state index contributed by atoms with van der Waals surface area (Å²) in [6, 6.07) is 8.95. The molecule has 5 rings (SSSR count). The Balaban J connectivity index is 1.25. The second-order valence-electron chi connectivity index (χ2n) is 7.10. The van der Waals surface area contributed by atoms with Crippen molar-refractivity contribution >= 4 is 23.2 Å². The highest BCUT2D eigenvalue weighted by atomic mass is 16.6. The zero-order valence-electron chi connectivity index (χ0n) is 16.0. The molecule has 1 unspecified atom stereocenters. The smallest absolute Gasteiger partial charge is 0.229 e. The van der Waals surface area contributed by atoms with Crippen LogP contribution in [0.3, 0.4) is 0 Å². The molecule has 2 aliphatic rings. The van der Waals surface area contributed by atoms with E-state index < -0.39 is 5.92 Å². The molecule has 1 fully saturated rings. The number of fused-ring (bicyclic) bond motifs is 1. The predicted octanol–water partition coefficient (Wildman–Crippen LogP) is 2.03. The molecule has 0 aliphatic carbocycles. The third-order valence-corrected chi connectivity index (χ3v) is 5.12. The molecule has 0 saturated carbocycles. The lowest BCUT2D eigenvalue weighted by Gasteiger charge is -2.22. The second-order valence-corrected chi connectivity index (χ2v) is 7.10. The summed E-state index contributed by atoms with van der Waals surface area (Å²) in [6.07, 6.45) is 6.85. The Labute approximate surface area is 172 Å². The zero-order chi connectivity index (χ0) is 20.5. The van der Waals surface area contributed by atoms with Gasteiger partial charge in [-0.2, -0.15) is 0 Å². The zero-order valence-corrected chi connectivity index (χ0v) is 16.0. The lowest BCUT2D eigenvalue weighted by molar-refractivity contribution is -0.122. The van der Waals surface area contributed by atoms with Gasteiger partial charge in [-0.3, -0.25) is 14.2 Å². The number of aromatic nitrogens is 3. The van der Waals surface area contributed by atoms with Gasteiger partial charge in [0.1, 0.15) is 25.4 Å². The van der Waals surface area contributed by atoms with Gasteiger partial charge in [0.15, 0.2) is 11.5 Å². The summed E-state index contributed by atoms with van der Waals surface area (Å²) >= 11 is 0. The molecule has 3 aromatic rings. The van der Waals surface area contributed by atoms with E-state index in [2.05, 4.69) is 15.3 Å². The Kier molecular flexibility index (Phi) is 4.55. The molecule has 1 aromatic carbocycles. The number of ether oxygens (including phenoxy) is 2. The van der Waals surface area contributed by atoms with Crippen molar-refractivity contribution in [2.75, 3.05) is 30.0 Å². The maximum atomic E-state index is 12.7. The summed E-state index contributed by atoms with van der Waals surface area (Å²) in [6.45, 7) is 1.29. The van der Waals surface area contributed by atoms with Crippen molar-refractivity contribution in [3.8, 4) is 17.3 Å². The molecule has 1 saturated heterocycles. The van der Waals surface area contributed by atoms with Crippen molar-refractivity contribution in [1.82, 2.24) is 14.5 Å². The number of anilines is 2. The largest absolute Gasteiger partial charge is 0.486 e. The fourth-order valence-corrected chi connectivity index (χ4v) is 3.58. The van der Waals surface area contributed by atoms with E-state index in [1.807, 2.05) is 6.07 Å². The van der Waals surface area contributed by atoms with E-state index in [0.29, 0.717) is 48.5 Å². The number of nitrogens with one attached hydrogen (secondary N) is 1. The number of amides is 2. The second kappa shape index (κ2) is 7.51. The van der Waals surface area contributed by atoms with Crippen molar-refractivity contribution in [2.45, 2.75) is 6.42 Å². The average molecular weight is 405 g/mol. The van der Waals surface area contributed by atoms with Crippen LogP contribution in [-0.2, 0) is 9.59 Å². The van der Waals surface area contributed by atoms with E-state index in [4.69, 9.17) is 9.47 Å². The van der Waals surface area contributed by atoms with E-state index >= 15 is 0 Å². The first-order valence-electron chi connectivity index (χ1n) is 9.62. The van der Waals surface area contributed by atoms with Crippen LogP contribution in [0.25, 0.3) is 5.82 Å². The first-order valence-corrected chi connectivity index (χ1v) is 9.62. The van der Waals surface area contributed by atoms with Crippen LogP contribution < -0.4 is 19.7 Å². The van der Waals surface area contributed by atoms with Gasteiger partial charge in [0.2, 0.25) is 11.8 Å². The summed E-state index contributed by atoms with van der Waals surface area (Å²) in [5, 5.41) is 2.85. The molecule has 0 bridgehead atoms. The van der Waals surface area contributed by atoms with Gasteiger partial charge in [0.25, 0.3) is 0 Å². The third kappa shape index (κ3) is 3.45. The standard InChI is InChI=1S/C21H19N5O4/c27-20-9-14(12-26(20)16-2-3-17-18(10-16)30-8-7-29-17)21(28)24-15-1-4-19(23-11-15)25-6-5-22-13-25/h1-6,10-11,13-14H,7-9,12H2,(H,24,28). The minimum absolute atomic E-state index is 0.0968. The van der Waals surface area contributed by atoms with Gasteiger partial charge in [-0.05, 0) is 24.3 Å². The van der Waals surface area contributed by atoms with E-state index in [0.717, 1.165) is 0 Å². The molecule has 1 atom stereocenters. The number of nitrogens with zero attached hydrogens (tertiary/aromatic N) is 4. The molecule has 1 N–H and O–H groups in total. The van der Waals surface area contributed by atoms with Crippen LogP contribution in [0.15, 0.2) is 55.2 Å². The Morgan fingerprint density at radius 2 is 2.00 bits per heavy atom. The minimum Gasteiger partial charge on any atom is -0.486 e. The molecular formula is C21H19N5O4. The molecule has 0 spiro atoms. The molecule has 9 nitrogen and oxygen atoms in total. The average Bonchev–Trinajstić information content (AvgIpc) is 3.44. The Morgan fingerprint density at radius 1 is 1.13 bits per heavy atom. The maximum absolute atomic E-state index is 12.7. The number of carbonyl (C=O) groups is 2. The van der Waals surface area contributed by atoms with Crippen LogP contribution >= 0.6 is 0 Å². The molecule has 9 heteroatoms. The van der Waals surface area contributed by atoms with Crippen LogP contribution in [0.2, 0.25) is 0 Å². The fourth-order valence-electron chi connectivity index (χ4n) is 3.58. The van der Waals surface area contributed by atoms with Gasteiger partial charge in [-0.15, -0.1) is 0 Å². The highest BCUT2D eigenvalue weighted by molar-refractivity contribution is 6.03. The molecule has 30 heavy (non-hydrogen) atoms. The summed E-state index contributed by atoms with van der Waals surface area (Å²) < 4.78 is 12.9. The van der Waals surface area contributed by atoms with Gasteiger partial charge < -0.3 is 19.7 Å². The monoisotopic (exact) mass is 405 g/mol. The Bertz CT molecular complexity index is 1080. The molecule has 152 valence electrons. The normalized spacial score (nSPS) is 17.8. The molecular weight excluding hydrogens is 386 g/mol.